The molecule has 102 valence electrons. The highest BCUT2D eigenvalue weighted by molar-refractivity contribution is 6.39. The first-order chi connectivity index (χ1) is 8.81. The summed E-state index contributed by atoms with van der Waals surface area (Å²) in [5.41, 5.74) is 0.304. The van der Waals surface area contributed by atoms with E-state index in [0.29, 0.717) is 12.3 Å². The van der Waals surface area contributed by atoms with Crippen LogP contribution in [0.25, 0.3) is 0 Å². The molecular weight excluding hydrogens is 230 g/mol. The van der Waals surface area contributed by atoms with Crippen molar-refractivity contribution in [3.05, 3.63) is 0 Å². The predicted octanol–water partition coefficient (Wildman–Crippen LogP) is 1.31. The standard InChI is InChI=1S/C13H23N3O2/c17-13(16-9-5-2-6-10-16)12(14-18)11-15-7-3-1-4-8-15/h18H,1-11H2/b14-12-. The Kier molecular flexibility index (Phi) is 4.99. The Morgan fingerprint density at radius 2 is 1.50 bits per heavy atom. The molecule has 2 heterocycles. The molecule has 2 saturated heterocycles. The molecular formula is C13H23N3O2. The van der Waals surface area contributed by atoms with Crippen molar-refractivity contribution >= 4 is 11.6 Å². The maximum Gasteiger partial charge on any atom is 0.273 e. The van der Waals surface area contributed by atoms with Crippen LogP contribution in [0.1, 0.15) is 38.5 Å². The maximum absolute atomic E-state index is 12.2. The second-order valence-corrected chi connectivity index (χ2v) is 5.24. The fraction of sp³-hybridized carbons (Fsp3) is 0.846. The van der Waals surface area contributed by atoms with Gasteiger partial charge in [-0.1, -0.05) is 11.6 Å². The molecule has 1 N–H and O–H groups in total. The average molecular weight is 253 g/mol. The Morgan fingerprint density at radius 3 is 2.06 bits per heavy atom. The van der Waals surface area contributed by atoms with Gasteiger partial charge >= 0.3 is 0 Å². The molecule has 0 spiro atoms. The van der Waals surface area contributed by atoms with Gasteiger partial charge in [-0.05, 0) is 45.2 Å². The number of nitrogens with zero attached hydrogens (tertiary/aromatic N) is 3. The summed E-state index contributed by atoms with van der Waals surface area (Å²) < 4.78 is 0. The van der Waals surface area contributed by atoms with Crippen molar-refractivity contribution < 1.29 is 10.0 Å². The van der Waals surface area contributed by atoms with Gasteiger partial charge in [0, 0.05) is 19.6 Å². The molecule has 5 nitrogen and oxygen atoms in total. The van der Waals surface area contributed by atoms with Crippen molar-refractivity contribution in [3.8, 4) is 0 Å². The molecule has 0 atom stereocenters. The molecule has 18 heavy (non-hydrogen) atoms. The van der Waals surface area contributed by atoms with Crippen molar-refractivity contribution in [1.29, 1.82) is 0 Å². The second-order valence-electron chi connectivity index (χ2n) is 5.24. The molecule has 2 rings (SSSR count). The Morgan fingerprint density at radius 1 is 0.944 bits per heavy atom. The van der Waals surface area contributed by atoms with E-state index in [-0.39, 0.29) is 5.91 Å². The van der Waals surface area contributed by atoms with E-state index in [9.17, 15) is 4.79 Å². The summed E-state index contributed by atoms with van der Waals surface area (Å²) in [6.07, 6.45) is 6.94. The minimum Gasteiger partial charge on any atom is -0.410 e. The third-order valence-corrected chi connectivity index (χ3v) is 3.83. The number of piperidine rings is 2. The fourth-order valence-corrected chi connectivity index (χ4v) is 2.75. The lowest BCUT2D eigenvalue weighted by Gasteiger charge is -2.30. The first kappa shape index (κ1) is 13.3. The first-order valence-corrected chi connectivity index (χ1v) is 7.04. The van der Waals surface area contributed by atoms with Gasteiger partial charge in [-0.25, -0.2) is 0 Å². The van der Waals surface area contributed by atoms with Crippen LogP contribution in [-0.2, 0) is 4.79 Å². The highest BCUT2D eigenvalue weighted by atomic mass is 16.4. The van der Waals surface area contributed by atoms with Crippen LogP contribution in [0, 0.1) is 0 Å². The van der Waals surface area contributed by atoms with Gasteiger partial charge in [0.15, 0.2) is 5.71 Å². The van der Waals surface area contributed by atoms with Crippen molar-refractivity contribution in [2.45, 2.75) is 38.5 Å². The lowest BCUT2D eigenvalue weighted by Crippen LogP contribution is -2.45. The van der Waals surface area contributed by atoms with Gasteiger partial charge in [-0.2, -0.15) is 0 Å². The normalized spacial score (nSPS) is 23.1. The molecule has 5 heteroatoms. The van der Waals surface area contributed by atoms with Crippen LogP contribution < -0.4 is 0 Å². The van der Waals surface area contributed by atoms with Crippen molar-refractivity contribution in [2.24, 2.45) is 5.16 Å². The molecule has 2 aliphatic heterocycles. The molecule has 0 unspecified atom stereocenters. The van der Waals surface area contributed by atoms with Crippen LogP contribution >= 0.6 is 0 Å². The SMILES string of the molecule is O=C(/C(CN1CCCCC1)=N\O)N1CCCCC1. The molecule has 2 aliphatic rings. The zero-order chi connectivity index (χ0) is 12.8. The quantitative estimate of drug-likeness (QED) is 0.469. The summed E-state index contributed by atoms with van der Waals surface area (Å²) in [7, 11) is 0. The van der Waals surface area contributed by atoms with Crippen LogP contribution in [0.3, 0.4) is 0 Å². The third kappa shape index (κ3) is 3.45. The van der Waals surface area contributed by atoms with Crippen LogP contribution in [0.15, 0.2) is 5.16 Å². The lowest BCUT2D eigenvalue weighted by atomic mass is 10.1. The summed E-state index contributed by atoms with van der Waals surface area (Å²) in [5.74, 6) is -0.0808. The van der Waals surface area contributed by atoms with Gasteiger partial charge in [0.05, 0.1) is 0 Å². The number of amides is 1. The first-order valence-electron chi connectivity index (χ1n) is 7.04. The molecule has 0 aromatic heterocycles. The monoisotopic (exact) mass is 253 g/mol. The van der Waals surface area contributed by atoms with Gasteiger partial charge in [-0.15, -0.1) is 0 Å². The van der Waals surface area contributed by atoms with Crippen LogP contribution in [0.4, 0.5) is 0 Å². The minimum absolute atomic E-state index is 0.0808. The molecule has 2 fully saturated rings. The zero-order valence-corrected chi connectivity index (χ0v) is 11.0. The van der Waals surface area contributed by atoms with Gasteiger partial charge < -0.3 is 10.1 Å². The van der Waals surface area contributed by atoms with Gasteiger partial charge in [0.1, 0.15) is 0 Å². The van der Waals surface area contributed by atoms with Crippen molar-refractivity contribution in [2.75, 3.05) is 32.7 Å². The molecule has 1 amide bonds. The van der Waals surface area contributed by atoms with Crippen molar-refractivity contribution in [1.82, 2.24) is 9.80 Å². The second kappa shape index (κ2) is 6.73. The highest BCUT2D eigenvalue weighted by Gasteiger charge is 2.24. The highest BCUT2D eigenvalue weighted by Crippen LogP contribution is 2.11. The van der Waals surface area contributed by atoms with Crippen LogP contribution in [-0.4, -0.2) is 59.3 Å². The summed E-state index contributed by atoms with van der Waals surface area (Å²) >= 11 is 0. The molecule has 0 radical (unpaired) electrons. The number of oxime groups is 1. The smallest absolute Gasteiger partial charge is 0.273 e. The zero-order valence-electron chi connectivity index (χ0n) is 11.0. The average Bonchev–Trinajstić information content (AvgIpc) is 2.46. The Labute approximate surface area is 108 Å². The number of carbonyl (C=O) groups is 1. The molecule has 0 aromatic rings. The lowest BCUT2D eigenvalue weighted by molar-refractivity contribution is -0.125. The van der Waals surface area contributed by atoms with Gasteiger partial charge in [0.2, 0.25) is 0 Å². The van der Waals surface area contributed by atoms with E-state index >= 15 is 0 Å². The van der Waals surface area contributed by atoms with Gasteiger partial charge in [0.25, 0.3) is 5.91 Å². The largest absolute Gasteiger partial charge is 0.410 e. The Hall–Kier alpha value is -1.10. The number of likely N-dealkylation sites (tertiary alicyclic amines) is 2. The topological polar surface area (TPSA) is 56.1 Å². The number of hydrogen-bond donors (Lipinski definition) is 1. The summed E-state index contributed by atoms with van der Waals surface area (Å²) in [6.45, 7) is 4.11. The molecule has 0 saturated carbocycles. The summed E-state index contributed by atoms with van der Waals surface area (Å²) in [5, 5.41) is 12.3. The Balaban J connectivity index is 1.88. The Bertz CT molecular complexity index is 305. The van der Waals surface area contributed by atoms with Crippen molar-refractivity contribution in [3.63, 3.8) is 0 Å². The minimum atomic E-state index is -0.0808. The van der Waals surface area contributed by atoms with Crippen LogP contribution in [0.5, 0.6) is 0 Å². The van der Waals surface area contributed by atoms with E-state index in [4.69, 9.17) is 5.21 Å². The predicted molar refractivity (Wildman–Crippen MR) is 69.9 cm³/mol. The van der Waals surface area contributed by atoms with E-state index in [1.165, 1.54) is 25.7 Å². The van der Waals surface area contributed by atoms with E-state index < -0.39 is 0 Å². The summed E-state index contributed by atoms with van der Waals surface area (Å²) in [6, 6.07) is 0. The van der Waals surface area contributed by atoms with E-state index in [0.717, 1.165) is 39.0 Å². The van der Waals surface area contributed by atoms with E-state index in [1.807, 2.05) is 4.90 Å². The molecule has 0 aromatic carbocycles. The summed E-state index contributed by atoms with van der Waals surface area (Å²) in [4.78, 5) is 16.2. The van der Waals surface area contributed by atoms with Gasteiger partial charge in [-0.3, -0.25) is 9.69 Å². The van der Waals surface area contributed by atoms with E-state index in [2.05, 4.69) is 10.1 Å². The molecule has 0 bridgehead atoms. The molecule has 0 aliphatic carbocycles. The fourth-order valence-electron chi connectivity index (χ4n) is 2.75. The number of carbonyl (C=O) groups excluding carboxylic acids is 1. The van der Waals surface area contributed by atoms with E-state index in [1.54, 1.807) is 0 Å². The van der Waals surface area contributed by atoms with Crippen LogP contribution in [0.2, 0.25) is 0 Å². The number of hydrogen-bond acceptors (Lipinski definition) is 4. The maximum atomic E-state index is 12.2. The number of rotatable bonds is 3. The third-order valence-electron chi connectivity index (χ3n) is 3.83.